The van der Waals surface area contributed by atoms with Gasteiger partial charge in [-0.05, 0) is 50.6 Å². The average molecular weight is 253 g/mol. The van der Waals surface area contributed by atoms with Crippen molar-refractivity contribution in [3.8, 4) is 10.6 Å². The number of hydrogen-bond donors (Lipinski definition) is 0. The van der Waals surface area contributed by atoms with E-state index in [9.17, 15) is 0 Å². The first-order valence-electron chi connectivity index (χ1n) is 6.08. The number of aryl methyl sites for hydroxylation is 3. The first kappa shape index (κ1) is 11.4. The Labute approximate surface area is 111 Å². The van der Waals surface area contributed by atoms with Crippen LogP contribution in [0.4, 0.5) is 0 Å². The molecule has 0 aliphatic heterocycles. The maximum absolute atomic E-state index is 4.72. The minimum absolute atomic E-state index is 1.10. The zero-order valence-corrected chi connectivity index (χ0v) is 11.6. The molecule has 1 heterocycles. The zero-order valence-electron chi connectivity index (χ0n) is 10.8. The summed E-state index contributed by atoms with van der Waals surface area (Å²) in [6.07, 6.45) is 0. The molecule has 1 nitrogen and oxygen atoms in total. The lowest BCUT2D eigenvalue weighted by Crippen LogP contribution is -1.81. The minimum Gasteiger partial charge on any atom is -0.236 e. The van der Waals surface area contributed by atoms with E-state index in [1.165, 1.54) is 27.0 Å². The van der Waals surface area contributed by atoms with Crippen LogP contribution in [0.25, 0.3) is 20.8 Å². The smallest absolute Gasteiger partial charge is 0.124 e. The third-order valence-corrected chi connectivity index (χ3v) is 4.08. The highest BCUT2D eigenvalue weighted by molar-refractivity contribution is 7.21. The summed E-state index contributed by atoms with van der Waals surface area (Å²) in [6, 6.07) is 13.0. The summed E-state index contributed by atoms with van der Waals surface area (Å²) >= 11 is 1.77. The molecule has 0 radical (unpaired) electrons. The molecule has 0 saturated carbocycles. The summed E-state index contributed by atoms with van der Waals surface area (Å²) in [5.41, 5.74) is 6.20. The predicted molar refractivity (Wildman–Crippen MR) is 79.3 cm³/mol. The highest BCUT2D eigenvalue weighted by atomic mass is 32.1. The minimum atomic E-state index is 1.10. The van der Waals surface area contributed by atoms with E-state index in [0.29, 0.717) is 0 Å². The lowest BCUT2D eigenvalue weighted by Gasteiger charge is -2.00. The maximum Gasteiger partial charge on any atom is 0.124 e. The average Bonchev–Trinajstić information content (AvgIpc) is 2.70. The van der Waals surface area contributed by atoms with Crippen molar-refractivity contribution >= 4 is 21.6 Å². The number of aromatic nitrogens is 1. The standard InChI is InChI=1S/C16H15NS/c1-10-4-5-14-15(9-10)18-16(17-14)13-7-11(2)6-12(3)8-13/h4-9H,1-3H3. The molecule has 0 N–H and O–H groups in total. The van der Waals surface area contributed by atoms with E-state index in [2.05, 4.69) is 57.2 Å². The van der Waals surface area contributed by atoms with Gasteiger partial charge in [0.2, 0.25) is 0 Å². The fourth-order valence-corrected chi connectivity index (χ4v) is 3.30. The summed E-state index contributed by atoms with van der Waals surface area (Å²) in [6.45, 7) is 6.39. The second kappa shape index (κ2) is 4.21. The van der Waals surface area contributed by atoms with Gasteiger partial charge in [0.15, 0.2) is 0 Å². The van der Waals surface area contributed by atoms with Gasteiger partial charge >= 0.3 is 0 Å². The SMILES string of the molecule is Cc1cc(C)cc(-c2nc3ccc(C)cc3s2)c1. The van der Waals surface area contributed by atoms with Crippen molar-refractivity contribution in [3.05, 3.63) is 53.1 Å². The van der Waals surface area contributed by atoms with Crippen molar-refractivity contribution in [2.75, 3.05) is 0 Å². The fraction of sp³-hybridized carbons (Fsp3) is 0.188. The number of hydrogen-bond acceptors (Lipinski definition) is 2. The molecule has 0 fully saturated rings. The van der Waals surface area contributed by atoms with E-state index >= 15 is 0 Å². The molecule has 0 bridgehead atoms. The summed E-state index contributed by atoms with van der Waals surface area (Å²) in [5.74, 6) is 0. The van der Waals surface area contributed by atoms with Gasteiger partial charge < -0.3 is 0 Å². The molecular formula is C16H15NS. The van der Waals surface area contributed by atoms with Gasteiger partial charge in [-0.25, -0.2) is 4.98 Å². The maximum atomic E-state index is 4.72. The van der Waals surface area contributed by atoms with Gasteiger partial charge in [-0.2, -0.15) is 0 Å². The Morgan fingerprint density at radius 1 is 0.833 bits per heavy atom. The first-order chi connectivity index (χ1) is 8.61. The van der Waals surface area contributed by atoms with Crippen LogP contribution >= 0.6 is 11.3 Å². The summed E-state index contributed by atoms with van der Waals surface area (Å²) in [5, 5.41) is 1.11. The second-order valence-corrected chi connectivity index (χ2v) is 5.90. The molecular weight excluding hydrogens is 238 g/mol. The monoisotopic (exact) mass is 253 g/mol. The molecule has 3 rings (SSSR count). The van der Waals surface area contributed by atoms with E-state index in [1.807, 2.05) is 0 Å². The molecule has 0 spiro atoms. The van der Waals surface area contributed by atoms with Crippen molar-refractivity contribution in [1.82, 2.24) is 4.98 Å². The Balaban J connectivity index is 2.19. The third kappa shape index (κ3) is 2.04. The van der Waals surface area contributed by atoms with Crippen LogP contribution in [0.5, 0.6) is 0 Å². The van der Waals surface area contributed by atoms with Gasteiger partial charge in [-0.3, -0.25) is 0 Å². The van der Waals surface area contributed by atoms with Crippen molar-refractivity contribution in [2.45, 2.75) is 20.8 Å². The van der Waals surface area contributed by atoms with Crippen LogP contribution in [0, 0.1) is 20.8 Å². The normalized spacial score (nSPS) is 11.1. The highest BCUT2D eigenvalue weighted by Gasteiger charge is 2.07. The third-order valence-electron chi connectivity index (χ3n) is 3.01. The van der Waals surface area contributed by atoms with Crippen LogP contribution in [0.15, 0.2) is 36.4 Å². The van der Waals surface area contributed by atoms with E-state index in [1.54, 1.807) is 11.3 Å². The van der Waals surface area contributed by atoms with Gasteiger partial charge in [0.05, 0.1) is 10.2 Å². The summed E-state index contributed by atoms with van der Waals surface area (Å²) < 4.78 is 1.27. The van der Waals surface area contributed by atoms with Gasteiger partial charge in [0, 0.05) is 5.56 Å². The van der Waals surface area contributed by atoms with Crippen molar-refractivity contribution in [1.29, 1.82) is 0 Å². The zero-order chi connectivity index (χ0) is 12.7. The molecule has 0 unspecified atom stereocenters. The van der Waals surface area contributed by atoms with Crippen LogP contribution in [0.2, 0.25) is 0 Å². The summed E-state index contributed by atoms with van der Waals surface area (Å²) in [7, 11) is 0. The molecule has 2 heteroatoms. The largest absolute Gasteiger partial charge is 0.236 e. The van der Waals surface area contributed by atoms with Gasteiger partial charge in [0.1, 0.15) is 5.01 Å². The van der Waals surface area contributed by atoms with Crippen LogP contribution in [0.3, 0.4) is 0 Å². The molecule has 0 aliphatic rings. The molecule has 0 saturated heterocycles. The lowest BCUT2D eigenvalue weighted by molar-refractivity contribution is 1.37. The molecule has 90 valence electrons. The predicted octanol–water partition coefficient (Wildman–Crippen LogP) is 4.89. The van der Waals surface area contributed by atoms with E-state index in [4.69, 9.17) is 4.98 Å². The lowest BCUT2D eigenvalue weighted by atomic mass is 10.1. The van der Waals surface area contributed by atoms with Crippen molar-refractivity contribution in [3.63, 3.8) is 0 Å². The van der Waals surface area contributed by atoms with E-state index in [-0.39, 0.29) is 0 Å². The number of thiazole rings is 1. The Morgan fingerprint density at radius 3 is 2.28 bits per heavy atom. The van der Waals surface area contributed by atoms with E-state index < -0.39 is 0 Å². The van der Waals surface area contributed by atoms with Gasteiger partial charge in [0.25, 0.3) is 0 Å². The quantitative estimate of drug-likeness (QED) is 0.601. The molecule has 0 aliphatic carbocycles. The van der Waals surface area contributed by atoms with Crippen LogP contribution in [-0.4, -0.2) is 4.98 Å². The number of benzene rings is 2. The van der Waals surface area contributed by atoms with Crippen LogP contribution in [-0.2, 0) is 0 Å². The van der Waals surface area contributed by atoms with Crippen molar-refractivity contribution < 1.29 is 0 Å². The van der Waals surface area contributed by atoms with Crippen molar-refractivity contribution in [2.24, 2.45) is 0 Å². The van der Waals surface area contributed by atoms with E-state index in [0.717, 1.165) is 10.5 Å². The Kier molecular flexibility index (Phi) is 2.67. The molecule has 0 amide bonds. The van der Waals surface area contributed by atoms with Crippen LogP contribution < -0.4 is 0 Å². The topological polar surface area (TPSA) is 12.9 Å². The Morgan fingerprint density at radius 2 is 1.56 bits per heavy atom. The highest BCUT2D eigenvalue weighted by Crippen LogP contribution is 2.31. The molecule has 3 aromatic rings. The number of rotatable bonds is 1. The van der Waals surface area contributed by atoms with Crippen LogP contribution in [0.1, 0.15) is 16.7 Å². The fourth-order valence-electron chi connectivity index (χ4n) is 2.25. The van der Waals surface area contributed by atoms with Gasteiger partial charge in [-0.15, -0.1) is 11.3 Å². The Bertz CT molecular complexity index is 705. The molecule has 2 aromatic carbocycles. The number of fused-ring (bicyclic) bond motifs is 1. The summed E-state index contributed by atoms with van der Waals surface area (Å²) in [4.78, 5) is 4.72. The Hall–Kier alpha value is -1.67. The second-order valence-electron chi connectivity index (χ2n) is 4.87. The molecule has 18 heavy (non-hydrogen) atoms. The molecule has 1 aromatic heterocycles. The molecule has 0 atom stereocenters. The first-order valence-corrected chi connectivity index (χ1v) is 6.89. The number of nitrogens with zero attached hydrogens (tertiary/aromatic N) is 1. The van der Waals surface area contributed by atoms with Gasteiger partial charge in [-0.1, -0.05) is 23.3 Å².